The first-order valence-corrected chi connectivity index (χ1v) is 10.3. The van der Waals surface area contributed by atoms with Gasteiger partial charge in [0, 0.05) is 35.4 Å². The third-order valence-corrected chi connectivity index (χ3v) is 5.70. The summed E-state index contributed by atoms with van der Waals surface area (Å²) in [5, 5.41) is 0. The van der Waals surface area contributed by atoms with E-state index in [0.717, 1.165) is 22.3 Å². The number of aromatic nitrogens is 2. The lowest BCUT2D eigenvalue weighted by molar-refractivity contribution is -0.671. The van der Waals surface area contributed by atoms with Crippen molar-refractivity contribution in [2.45, 2.75) is 5.41 Å². The average Bonchev–Trinajstić information content (AvgIpc) is 3.09. The van der Waals surface area contributed by atoms with Crippen molar-refractivity contribution in [3.8, 4) is 34.8 Å². The summed E-state index contributed by atoms with van der Waals surface area (Å²) in [7, 11) is 4.01. The topological polar surface area (TPSA) is 7.76 Å². The molecule has 1 aliphatic rings. The Morgan fingerprint density at radius 1 is 0.548 bits per heavy atom. The van der Waals surface area contributed by atoms with Crippen molar-refractivity contribution in [1.29, 1.82) is 0 Å². The third-order valence-electron chi connectivity index (χ3n) is 5.70. The van der Waals surface area contributed by atoms with Crippen LogP contribution >= 0.6 is 0 Å². The van der Waals surface area contributed by atoms with Gasteiger partial charge in [0.2, 0.25) is 0 Å². The second-order valence-electron chi connectivity index (χ2n) is 7.85. The van der Waals surface area contributed by atoms with Crippen LogP contribution < -0.4 is 9.13 Å². The maximum absolute atomic E-state index is 3.59. The molecule has 0 unspecified atom stereocenters. The van der Waals surface area contributed by atoms with Crippen molar-refractivity contribution in [1.82, 2.24) is 0 Å². The fourth-order valence-electron chi connectivity index (χ4n) is 4.04. The van der Waals surface area contributed by atoms with Crippen LogP contribution in [0.5, 0.6) is 0 Å². The molecule has 4 aromatic rings. The summed E-state index contributed by atoms with van der Waals surface area (Å²) in [6.45, 7) is 0. The van der Waals surface area contributed by atoms with Crippen LogP contribution in [-0.2, 0) is 19.5 Å². The Morgan fingerprint density at radius 3 is 1.35 bits per heavy atom. The lowest BCUT2D eigenvalue weighted by atomic mass is 9.79. The molecule has 2 heteroatoms. The lowest BCUT2D eigenvalue weighted by Crippen LogP contribution is -2.26. The van der Waals surface area contributed by atoms with Crippen LogP contribution in [-0.4, -0.2) is 0 Å². The Bertz CT molecular complexity index is 1280. The van der Waals surface area contributed by atoms with Crippen molar-refractivity contribution in [3.05, 3.63) is 120 Å². The Labute approximate surface area is 183 Å². The largest absolute Gasteiger partial charge is 0.208 e. The molecule has 5 rings (SSSR count). The standard InChI is InChI=1S/C29H22N2/c1-30-19-13-23(14-20-30)11-17-29(18-12-24-15-21-31(2)22-16-24)27-9-5-3-7-25(27)26-8-4-6-10-28(26)29/h3-10,13-16,19-22H,1-2H3/q+2. The molecule has 2 nitrogen and oxygen atoms in total. The fraction of sp³-hybridized carbons (Fsp3) is 0.103. The van der Waals surface area contributed by atoms with Gasteiger partial charge >= 0.3 is 0 Å². The number of nitrogens with zero attached hydrogens (tertiary/aromatic N) is 2. The molecule has 2 heterocycles. The highest BCUT2D eigenvalue weighted by Gasteiger charge is 2.40. The monoisotopic (exact) mass is 398 g/mol. The Hall–Kier alpha value is -4.14. The predicted octanol–water partition coefficient (Wildman–Crippen LogP) is 3.71. The zero-order valence-corrected chi connectivity index (χ0v) is 17.6. The van der Waals surface area contributed by atoms with Crippen LogP contribution in [0.3, 0.4) is 0 Å². The summed E-state index contributed by atoms with van der Waals surface area (Å²) in [6.07, 6.45) is 8.07. The molecule has 0 fully saturated rings. The highest BCUT2D eigenvalue weighted by atomic mass is 14.9. The third kappa shape index (κ3) is 3.39. The van der Waals surface area contributed by atoms with Crippen molar-refractivity contribution in [2.75, 3.05) is 0 Å². The second kappa shape index (κ2) is 7.60. The Kier molecular flexibility index (Phi) is 4.62. The van der Waals surface area contributed by atoms with Gasteiger partial charge in [-0.25, -0.2) is 9.13 Å². The van der Waals surface area contributed by atoms with Gasteiger partial charge in [-0.2, -0.15) is 0 Å². The fourth-order valence-corrected chi connectivity index (χ4v) is 4.04. The van der Waals surface area contributed by atoms with Crippen LogP contribution in [0.25, 0.3) is 11.1 Å². The molecule has 2 aromatic heterocycles. The molecule has 0 N–H and O–H groups in total. The van der Waals surface area contributed by atoms with Gasteiger partial charge in [0.25, 0.3) is 0 Å². The van der Waals surface area contributed by atoms with Gasteiger partial charge in [-0.15, -0.1) is 0 Å². The van der Waals surface area contributed by atoms with Crippen LogP contribution in [0.15, 0.2) is 97.6 Å². The molecule has 1 aliphatic carbocycles. The second-order valence-corrected chi connectivity index (χ2v) is 7.85. The molecule has 0 saturated carbocycles. The highest BCUT2D eigenvalue weighted by molar-refractivity contribution is 5.86. The molecular weight excluding hydrogens is 376 g/mol. The van der Waals surface area contributed by atoms with E-state index in [1.807, 2.05) is 72.3 Å². The minimum Gasteiger partial charge on any atom is -0.208 e. The first kappa shape index (κ1) is 18.9. The normalized spacial score (nSPS) is 12.6. The van der Waals surface area contributed by atoms with Gasteiger partial charge in [-0.05, 0) is 22.3 Å². The van der Waals surface area contributed by atoms with E-state index in [1.165, 1.54) is 11.1 Å². The van der Waals surface area contributed by atoms with Gasteiger partial charge < -0.3 is 0 Å². The van der Waals surface area contributed by atoms with E-state index in [2.05, 4.69) is 72.2 Å². The number of aryl methyl sites for hydroxylation is 2. The van der Waals surface area contributed by atoms with Crippen LogP contribution in [0, 0.1) is 23.7 Å². The molecule has 146 valence electrons. The summed E-state index contributed by atoms with van der Waals surface area (Å²) < 4.78 is 4.02. The summed E-state index contributed by atoms with van der Waals surface area (Å²) >= 11 is 0. The van der Waals surface area contributed by atoms with Gasteiger partial charge in [-0.3, -0.25) is 0 Å². The van der Waals surface area contributed by atoms with Crippen LogP contribution in [0.4, 0.5) is 0 Å². The molecule has 0 aliphatic heterocycles. The minimum atomic E-state index is -0.677. The summed E-state index contributed by atoms with van der Waals surface area (Å²) in [5.74, 6) is 14.0. The summed E-state index contributed by atoms with van der Waals surface area (Å²) in [5.41, 5.74) is 6.00. The SMILES string of the molecule is C[n+]1ccc(C#CC2(C#Cc3cc[n+](C)cc3)c3ccccc3-c3ccccc32)cc1. The number of pyridine rings is 2. The van der Waals surface area contributed by atoms with E-state index in [-0.39, 0.29) is 0 Å². The molecular formula is C29H22N2+2. The van der Waals surface area contributed by atoms with E-state index in [4.69, 9.17) is 0 Å². The Balaban J connectivity index is 1.75. The number of rotatable bonds is 0. The van der Waals surface area contributed by atoms with E-state index < -0.39 is 5.41 Å². The number of fused-ring (bicyclic) bond motifs is 3. The zero-order chi connectivity index (χ0) is 21.3. The van der Waals surface area contributed by atoms with Crippen molar-refractivity contribution >= 4 is 0 Å². The van der Waals surface area contributed by atoms with Gasteiger partial charge in [0.1, 0.15) is 19.5 Å². The van der Waals surface area contributed by atoms with Gasteiger partial charge in [0.15, 0.2) is 24.8 Å². The molecule has 0 saturated heterocycles. The summed E-state index contributed by atoms with van der Waals surface area (Å²) in [4.78, 5) is 0. The highest BCUT2D eigenvalue weighted by Crippen LogP contribution is 2.48. The maximum atomic E-state index is 3.59. The maximum Gasteiger partial charge on any atom is 0.169 e. The van der Waals surface area contributed by atoms with Crippen molar-refractivity contribution in [2.24, 2.45) is 14.1 Å². The van der Waals surface area contributed by atoms with Gasteiger partial charge in [-0.1, -0.05) is 72.2 Å². The molecule has 0 amide bonds. The first-order valence-electron chi connectivity index (χ1n) is 10.3. The lowest BCUT2D eigenvalue weighted by Gasteiger charge is -2.19. The average molecular weight is 399 g/mol. The van der Waals surface area contributed by atoms with E-state index >= 15 is 0 Å². The molecule has 0 bridgehead atoms. The van der Waals surface area contributed by atoms with E-state index in [9.17, 15) is 0 Å². The molecule has 0 radical (unpaired) electrons. The smallest absolute Gasteiger partial charge is 0.169 e. The van der Waals surface area contributed by atoms with Gasteiger partial charge in [0.05, 0.1) is 0 Å². The Morgan fingerprint density at radius 2 is 0.935 bits per heavy atom. The summed E-state index contributed by atoms with van der Waals surface area (Å²) in [6, 6.07) is 25.1. The molecule has 31 heavy (non-hydrogen) atoms. The van der Waals surface area contributed by atoms with Crippen LogP contribution in [0.2, 0.25) is 0 Å². The van der Waals surface area contributed by atoms with Crippen LogP contribution in [0.1, 0.15) is 22.3 Å². The predicted molar refractivity (Wildman–Crippen MR) is 122 cm³/mol. The number of hydrogen-bond acceptors (Lipinski definition) is 0. The molecule has 2 aromatic carbocycles. The first-order chi connectivity index (χ1) is 15.2. The quantitative estimate of drug-likeness (QED) is 0.315. The zero-order valence-electron chi connectivity index (χ0n) is 17.6. The number of hydrogen-bond donors (Lipinski definition) is 0. The van der Waals surface area contributed by atoms with E-state index in [1.54, 1.807) is 0 Å². The van der Waals surface area contributed by atoms with Crippen molar-refractivity contribution < 1.29 is 9.13 Å². The molecule has 0 spiro atoms. The van der Waals surface area contributed by atoms with Crippen molar-refractivity contribution in [3.63, 3.8) is 0 Å². The molecule has 0 atom stereocenters. The number of benzene rings is 2. The minimum absolute atomic E-state index is 0.677. The van der Waals surface area contributed by atoms with E-state index in [0.29, 0.717) is 0 Å².